The number of hydrogen-bond acceptors (Lipinski definition) is 5. The largest absolute Gasteiger partial charge is 0.438 e. The molecule has 2 aromatic heterocycles. The lowest BCUT2D eigenvalue weighted by atomic mass is 9.91. The van der Waals surface area contributed by atoms with Crippen LogP contribution in [0.3, 0.4) is 0 Å². The molecule has 110 valence electrons. The number of rotatable bonds is 3. The molecule has 0 unspecified atom stereocenters. The minimum absolute atomic E-state index is 0.0832. The number of hydrogen-bond donors (Lipinski definition) is 1. The SMILES string of the molecule is CNc1cc([C@H]2CCCN(C(=O)c3cnco3)C2)ccn1. The van der Waals surface area contributed by atoms with Crippen LogP contribution in [0.5, 0.6) is 0 Å². The highest BCUT2D eigenvalue weighted by atomic mass is 16.3. The van der Waals surface area contributed by atoms with Gasteiger partial charge < -0.3 is 14.6 Å². The smallest absolute Gasteiger partial charge is 0.291 e. The molecule has 21 heavy (non-hydrogen) atoms. The average Bonchev–Trinajstić information content (AvgIpc) is 3.09. The summed E-state index contributed by atoms with van der Waals surface area (Å²) in [5, 5.41) is 3.05. The number of oxazole rings is 1. The van der Waals surface area contributed by atoms with E-state index in [2.05, 4.69) is 15.3 Å². The molecule has 3 heterocycles. The summed E-state index contributed by atoms with van der Waals surface area (Å²) in [4.78, 5) is 22.2. The molecule has 1 aliphatic heterocycles. The Bertz CT molecular complexity index is 612. The number of pyridine rings is 1. The molecular formula is C15H18N4O2. The number of nitrogens with zero attached hydrogens (tertiary/aromatic N) is 3. The summed E-state index contributed by atoms with van der Waals surface area (Å²) in [6.45, 7) is 1.46. The van der Waals surface area contributed by atoms with Crippen molar-refractivity contribution in [2.75, 3.05) is 25.5 Å². The summed E-state index contributed by atoms with van der Waals surface area (Å²) in [5.41, 5.74) is 1.21. The van der Waals surface area contributed by atoms with Gasteiger partial charge in [0.1, 0.15) is 5.82 Å². The van der Waals surface area contributed by atoms with Gasteiger partial charge in [0.05, 0.1) is 6.20 Å². The highest BCUT2D eigenvalue weighted by molar-refractivity contribution is 5.91. The van der Waals surface area contributed by atoms with Gasteiger partial charge in [-0.15, -0.1) is 0 Å². The van der Waals surface area contributed by atoms with Gasteiger partial charge in [0.25, 0.3) is 5.91 Å². The van der Waals surface area contributed by atoms with Crippen LogP contribution in [0.2, 0.25) is 0 Å². The lowest BCUT2D eigenvalue weighted by Crippen LogP contribution is -2.39. The van der Waals surface area contributed by atoms with E-state index in [0.29, 0.717) is 18.2 Å². The van der Waals surface area contributed by atoms with Gasteiger partial charge in [0.2, 0.25) is 5.76 Å². The van der Waals surface area contributed by atoms with Crippen molar-refractivity contribution in [1.82, 2.24) is 14.9 Å². The molecular weight excluding hydrogens is 268 g/mol. The van der Waals surface area contributed by atoms with E-state index in [9.17, 15) is 4.79 Å². The van der Waals surface area contributed by atoms with Crippen molar-refractivity contribution in [2.24, 2.45) is 0 Å². The lowest BCUT2D eigenvalue weighted by molar-refractivity contribution is 0.0675. The fraction of sp³-hybridized carbons (Fsp3) is 0.400. The molecule has 6 nitrogen and oxygen atoms in total. The zero-order chi connectivity index (χ0) is 14.7. The Balaban J connectivity index is 1.75. The Morgan fingerprint density at radius 2 is 2.43 bits per heavy atom. The molecule has 0 bridgehead atoms. The van der Waals surface area contributed by atoms with Gasteiger partial charge in [-0.25, -0.2) is 9.97 Å². The molecule has 1 amide bonds. The van der Waals surface area contributed by atoms with E-state index < -0.39 is 0 Å². The van der Waals surface area contributed by atoms with Crippen LogP contribution in [0.1, 0.15) is 34.9 Å². The van der Waals surface area contributed by atoms with Crippen LogP contribution in [0.15, 0.2) is 35.3 Å². The number of carbonyl (C=O) groups excluding carboxylic acids is 1. The maximum absolute atomic E-state index is 12.3. The van der Waals surface area contributed by atoms with Crippen LogP contribution in [-0.4, -0.2) is 40.9 Å². The third kappa shape index (κ3) is 2.89. The van der Waals surface area contributed by atoms with Crippen molar-refractivity contribution in [3.63, 3.8) is 0 Å². The van der Waals surface area contributed by atoms with Gasteiger partial charge in [-0.3, -0.25) is 4.79 Å². The van der Waals surface area contributed by atoms with Crippen molar-refractivity contribution in [3.05, 3.63) is 42.2 Å². The maximum Gasteiger partial charge on any atom is 0.291 e. The predicted molar refractivity (Wildman–Crippen MR) is 78.2 cm³/mol. The summed E-state index contributed by atoms with van der Waals surface area (Å²) in [6.07, 6.45) is 6.63. The van der Waals surface area contributed by atoms with Gasteiger partial charge in [-0.1, -0.05) is 0 Å². The highest BCUT2D eigenvalue weighted by Gasteiger charge is 2.27. The third-order valence-corrected chi connectivity index (χ3v) is 3.86. The molecule has 0 spiro atoms. The number of carbonyl (C=O) groups is 1. The number of amides is 1. The Labute approximate surface area is 123 Å². The summed E-state index contributed by atoms with van der Waals surface area (Å²) >= 11 is 0. The van der Waals surface area contributed by atoms with Gasteiger partial charge in [0.15, 0.2) is 6.39 Å². The summed E-state index contributed by atoms with van der Waals surface area (Å²) < 4.78 is 5.10. The molecule has 1 saturated heterocycles. The first kappa shape index (κ1) is 13.6. The molecule has 1 N–H and O–H groups in total. The Kier molecular flexibility index (Phi) is 3.85. The van der Waals surface area contributed by atoms with Crippen molar-refractivity contribution >= 4 is 11.7 Å². The first-order chi connectivity index (χ1) is 10.3. The first-order valence-electron chi connectivity index (χ1n) is 7.09. The summed E-state index contributed by atoms with van der Waals surface area (Å²) in [6, 6.07) is 4.07. The standard InChI is InChI=1S/C15H18N4O2/c1-16-14-7-11(4-5-18-14)12-3-2-6-19(9-12)15(20)13-8-17-10-21-13/h4-5,7-8,10,12H,2-3,6,9H2,1H3,(H,16,18)/t12-/m0/s1. The molecule has 0 radical (unpaired) electrons. The quantitative estimate of drug-likeness (QED) is 0.936. The van der Waals surface area contributed by atoms with Crippen molar-refractivity contribution < 1.29 is 9.21 Å². The second-order valence-corrected chi connectivity index (χ2v) is 5.18. The van der Waals surface area contributed by atoms with E-state index in [4.69, 9.17) is 4.42 Å². The van der Waals surface area contributed by atoms with Crippen LogP contribution in [0.4, 0.5) is 5.82 Å². The zero-order valence-corrected chi connectivity index (χ0v) is 12.0. The average molecular weight is 286 g/mol. The van der Waals surface area contributed by atoms with Crippen LogP contribution < -0.4 is 5.32 Å². The Hall–Kier alpha value is -2.37. The lowest BCUT2D eigenvalue weighted by Gasteiger charge is -2.32. The number of aromatic nitrogens is 2. The topological polar surface area (TPSA) is 71.3 Å². The number of piperidine rings is 1. The number of anilines is 1. The second-order valence-electron chi connectivity index (χ2n) is 5.18. The molecule has 1 fully saturated rings. The van der Waals surface area contributed by atoms with Gasteiger partial charge in [-0.2, -0.15) is 0 Å². The van der Waals surface area contributed by atoms with Crippen molar-refractivity contribution in [1.29, 1.82) is 0 Å². The van der Waals surface area contributed by atoms with E-state index in [1.807, 2.05) is 24.1 Å². The molecule has 2 aromatic rings. The van der Waals surface area contributed by atoms with Crippen LogP contribution >= 0.6 is 0 Å². The molecule has 1 aliphatic rings. The molecule has 6 heteroatoms. The molecule has 1 atom stereocenters. The van der Waals surface area contributed by atoms with Gasteiger partial charge in [0, 0.05) is 32.3 Å². The minimum atomic E-state index is -0.0832. The summed E-state index contributed by atoms with van der Waals surface area (Å²) in [5.74, 6) is 1.41. The van der Waals surface area contributed by atoms with Crippen LogP contribution in [-0.2, 0) is 0 Å². The maximum atomic E-state index is 12.3. The minimum Gasteiger partial charge on any atom is -0.438 e. The summed E-state index contributed by atoms with van der Waals surface area (Å²) in [7, 11) is 1.85. The fourth-order valence-corrected chi connectivity index (χ4v) is 2.75. The first-order valence-corrected chi connectivity index (χ1v) is 7.09. The van der Waals surface area contributed by atoms with Crippen LogP contribution in [0, 0.1) is 0 Å². The van der Waals surface area contributed by atoms with Gasteiger partial charge in [-0.05, 0) is 30.5 Å². The van der Waals surface area contributed by atoms with Crippen molar-refractivity contribution in [2.45, 2.75) is 18.8 Å². The predicted octanol–water partition coefficient (Wildman–Crippen LogP) is 2.13. The normalized spacial score (nSPS) is 18.5. The molecule has 3 rings (SSSR count). The van der Waals surface area contributed by atoms with Crippen LogP contribution in [0.25, 0.3) is 0 Å². The zero-order valence-electron chi connectivity index (χ0n) is 12.0. The van der Waals surface area contributed by atoms with E-state index >= 15 is 0 Å². The Morgan fingerprint density at radius 1 is 1.52 bits per heavy atom. The fourth-order valence-electron chi connectivity index (χ4n) is 2.75. The molecule has 0 aromatic carbocycles. The number of nitrogens with one attached hydrogen (secondary N) is 1. The molecule has 0 aliphatic carbocycles. The van der Waals surface area contributed by atoms with Crippen molar-refractivity contribution in [3.8, 4) is 0 Å². The van der Waals surface area contributed by atoms with E-state index in [1.54, 1.807) is 6.20 Å². The van der Waals surface area contributed by atoms with Gasteiger partial charge >= 0.3 is 0 Å². The van der Waals surface area contributed by atoms with E-state index in [0.717, 1.165) is 25.2 Å². The monoisotopic (exact) mass is 286 g/mol. The van der Waals surface area contributed by atoms with E-state index in [-0.39, 0.29) is 5.91 Å². The molecule has 0 saturated carbocycles. The Morgan fingerprint density at radius 3 is 3.19 bits per heavy atom. The number of likely N-dealkylation sites (tertiary alicyclic amines) is 1. The highest BCUT2D eigenvalue weighted by Crippen LogP contribution is 2.28. The van der Waals surface area contributed by atoms with E-state index in [1.165, 1.54) is 18.2 Å². The third-order valence-electron chi connectivity index (χ3n) is 3.86. The second kappa shape index (κ2) is 5.95.